The first-order valence-electron chi connectivity index (χ1n) is 9.96. The monoisotopic (exact) mass is 365 g/mol. The van der Waals surface area contributed by atoms with Crippen LogP contribution in [0.1, 0.15) is 52.4 Å². The Labute approximate surface area is 155 Å². The van der Waals surface area contributed by atoms with E-state index in [0.717, 1.165) is 43.9 Å². The third-order valence-corrected chi connectivity index (χ3v) is 6.83. The zero-order valence-corrected chi connectivity index (χ0v) is 16.0. The Kier molecular flexibility index (Phi) is 5.88. The van der Waals surface area contributed by atoms with Gasteiger partial charge in [0.2, 0.25) is 0 Å². The first-order chi connectivity index (χ1) is 12.4. The van der Waals surface area contributed by atoms with E-state index in [2.05, 4.69) is 5.32 Å². The maximum Gasteiger partial charge on any atom is 0.328 e. The second-order valence-electron chi connectivity index (χ2n) is 8.52. The minimum Gasteiger partial charge on any atom is -0.467 e. The Morgan fingerprint density at radius 2 is 1.62 bits per heavy atom. The van der Waals surface area contributed by atoms with E-state index in [1.807, 2.05) is 13.8 Å². The third-order valence-electron chi connectivity index (χ3n) is 6.83. The molecule has 0 aromatic heterocycles. The summed E-state index contributed by atoms with van der Waals surface area (Å²) in [6.45, 7) is 3.49. The van der Waals surface area contributed by atoms with Gasteiger partial charge in [-0.05, 0) is 61.7 Å². The predicted octanol–water partition coefficient (Wildman–Crippen LogP) is 2.31. The van der Waals surface area contributed by atoms with Gasteiger partial charge < -0.3 is 14.8 Å². The summed E-state index contributed by atoms with van der Waals surface area (Å²) >= 11 is 0. The summed E-state index contributed by atoms with van der Waals surface area (Å²) < 4.78 is 10.1. The molecular weight excluding hydrogens is 334 g/mol. The Bertz CT molecular complexity index is 532. The molecule has 0 saturated heterocycles. The number of amides is 1. The number of hydrogen-bond donors (Lipinski definition) is 1. The molecule has 1 amide bonds. The van der Waals surface area contributed by atoms with Gasteiger partial charge in [0.25, 0.3) is 5.91 Å². The molecule has 4 aliphatic rings. The number of esters is 2. The molecule has 2 atom stereocenters. The van der Waals surface area contributed by atoms with Crippen LogP contribution in [-0.2, 0) is 23.9 Å². The van der Waals surface area contributed by atoms with E-state index < -0.39 is 17.9 Å². The minimum atomic E-state index is -0.711. The number of hydrogen-bond acceptors (Lipinski definition) is 5. The summed E-state index contributed by atoms with van der Waals surface area (Å²) in [5, 5.41) is 2.65. The molecule has 26 heavy (non-hydrogen) atoms. The first-order valence-corrected chi connectivity index (χ1v) is 9.96. The highest BCUT2D eigenvalue weighted by Gasteiger charge is 2.51. The zero-order valence-electron chi connectivity index (χ0n) is 16.0. The van der Waals surface area contributed by atoms with Crippen molar-refractivity contribution in [3.8, 4) is 0 Å². The SMILES string of the molecule is CC[C@@H](C)[C@@H](NC(=O)COC(=O)C1C2CC3CC(C2)CC1C3)C(=O)OC. The van der Waals surface area contributed by atoms with Gasteiger partial charge >= 0.3 is 11.9 Å². The second-order valence-corrected chi connectivity index (χ2v) is 8.52. The second kappa shape index (κ2) is 7.97. The molecule has 0 radical (unpaired) electrons. The van der Waals surface area contributed by atoms with Crippen LogP contribution >= 0.6 is 0 Å². The molecule has 6 heteroatoms. The number of carbonyl (C=O) groups excluding carboxylic acids is 3. The fourth-order valence-electron chi connectivity index (χ4n) is 5.55. The number of methoxy groups -OCH3 is 1. The highest BCUT2D eigenvalue weighted by Crippen LogP contribution is 2.56. The van der Waals surface area contributed by atoms with Crippen LogP contribution in [0, 0.1) is 35.5 Å². The molecule has 4 fully saturated rings. The molecule has 0 heterocycles. The molecule has 1 N–H and O–H groups in total. The molecule has 4 aliphatic carbocycles. The van der Waals surface area contributed by atoms with Crippen molar-refractivity contribution in [1.82, 2.24) is 5.32 Å². The average Bonchev–Trinajstić information content (AvgIpc) is 2.62. The van der Waals surface area contributed by atoms with E-state index in [1.165, 1.54) is 13.5 Å². The summed E-state index contributed by atoms with van der Waals surface area (Å²) in [6.07, 6.45) is 6.61. The summed E-state index contributed by atoms with van der Waals surface area (Å²) in [6, 6.07) is -0.711. The highest BCUT2D eigenvalue weighted by atomic mass is 16.5. The van der Waals surface area contributed by atoms with Gasteiger partial charge in [-0.3, -0.25) is 9.59 Å². The van der Waals surface area contributed by atoms with Crippen molar-refractivity contribution in [3.05, 3.63) is 0 Å². The highest BCUT2D eigenvalue weighted by molar-refractivity contribution is 5.86. The quantitative estimate of drug-likeness (QED) is 0.700. The van der Waals surface area contributed by atoms with Crippen molar-refractivity contribution in [1.29, 1.82) is 0 Å². The van der Waals surface area contributed by atoms with Crippen LogP contribution in [0.3, 0.4) is 0 Å². The number of rotatable bonds is 7. The van der Waals surface area contributed by atoms with Crippen LogP contribution in [0.15, 0.2) is 0 Å². The lowest BCUT2D eigenvalue weighted by atomic mass is 9.52. The Balaban J connectivity index is 1.51. The van der Waals surface area contributed by atoms with Crippen LogP contribution in [0.25, 0.3) is 0 Å². The summed E-state index contributed by atoms with van der Waals surface area (Å²) in [4.78, 5) is 36.7. The predicted molar refractivity (Wildman–Crippen MR) is 94.9 cm³/mol. The van der Waals surface area contributed by atoms with Crippen molar-refractivity contribution in [2.75, 3.05) is 13.7 Å². The van der Waals surface area contributed by atoms with Crippen LogP contribution in [0.5, 0.6) is 0 Å². The largest absolute Gasteiger partial charge is 0.467 e. The molecule has 146 valence electrons. The van der Waals surface area contributed by atoms with Crippen LogP contribution in [0.2, 0.25) is 0 Å². The summed E-state index contributed by atoms with van der Waals surface area (Å²) in [7, 11) is 1.30. The lowest BCUT2D eigenvalue weighted by molar-refractivity contribution is -0.165. The van der Waals surface area contributed by atoms with Crippen LogP contribution in [0.4, 0.5) is 0 Å². The third kappa shape index (κ3) is 3.89. The van der Waals surface area contributed by atoms with Gasteiger partial charge in [0.15, 0.2) is 6.61 Å². The van der Waals surface area contributed by atoms with Crippen molar-refractivity contribution < 1.29 is 23.9 Å². The van der Waals surface area contributed by atoms with Gasteiger partial charge in [-0.1, -0.05) is 20.3 Å². The van der Waals surface area contributed by atoms with E-state index in [1.54, 1.807) is 0 Å². The molecule has 6 nitrogen and oxygen atoms in total. The van der Waals surface area contributed by atoms with Gasteiger partial charge in [0, 0.05) is 0 Å². The molecule has 0 aromatic rings. The fraction of sp³-hybridized carbons (Fsp3) is 0.850. The average molecular weight is 365 g/mol. The molecule has 0 spiro atoms. The standard InChI is InChI=1S/C20H31NO5/c1-4-11(2)18(20(24)25-3)21-16(22)10-26-19(23)17-14-6-12-5-13(8-14)9-15(17)7-12/h11-15,17-18H,4-10H2,1-3H3,(H,21,22)/t11-,12?,13?,14?,15?,17?,18-/m1/s1. The van der Waals surface area contributed by atoms with E-state index >= 15 is 0 Å². The molecule has 4 bridgehead atoms. The van der Waals surface area contributed by atoms with E-state index in [-0.39, 0.29) is 24.4 Å². The van der Waals surface area contributed by atoms with Crippen molar-refractivity contribution >= 4 is 17.8 Å². The Morgan fingerprint density at radius 1 is 1.04 bits per heavy atom. The summed E-state index contributed by atoms with van der Waals surface area (Å²) in [5.41, 5.74) is 0. The molecule has 0 aliphatic heterocycles. The Hall–Kier alpha value is -1.59. The van der Waals surface area contributed by atoms with E-state index in [9.17, 15) is 14.4 Å². The first kappa shape index (κ1) is 19.2. The van der Waals surface area contributed by atoms with Gasteiger partial charge in [-0.25, -0.2) is 4.79 Å². The molecule has 4 saturated carbocycles. The minimum absolute atomic E-state index is 0.0402. The normalized spacial score (nSPS) is 34.0. The van der Waals surface area contributed by atoms with Crippen LogP contribution in [-0.4, -0.2) is 37.6 Å². The number of carbonyl (C=O) groups is 3. The topological polar surface area (TPSA) is 81.7 Å². The fourth-order valence-corrected chi connectivity index (χ4v) is 5.55. The van der Waals surface area contributed by atoms with Crippen molar-refractivity contribution in [2.45, 2.75) is 58.4 Å². The lowest BCUT2D eigenvalue weighted by Crippen LogP contribution is -2.50. The van der Waals surface area contributed by atoms with Crippen molar-refractivity contribution in [2.24, 2.45) is 35.5 Å². The molecule has 4 rings (SSSR count). The van der Waals surface area contributed by atoms with E-state index in [0.29, 0.717) is 11.8 Å². The summed E-state index contributed by atoms with van der Waals surface area (Å²) in [5.74, 6) is 1.22. The molecule has 0 aromatic carbocycles. The van der Waals surface area contributed by atoms with Gasteiger partial charge in [0.1, 0.15) is 6.04 Å². The lowest BCUT2D eigenvalue weighted by Gasteiger charge is -2.53. The molecular formula is C20H31NO5. The van der Waals surface area contributed by atoms with Crippen LogP contribution < -0.4 is 5.32 Å². The molecule has 0 unspecified atom stereocenters. The maximum atomic E-state index is 12.6. The van der Waals surface area contributed by atoms with Gasteiger partial charge in [-0.2, -0.15) is 0 Å². The van der Waals surface area contributed by atoms with Gasteiger partial charge in [-0.15, -0.1) is 0 Å². The maximum absolute atomic E-state index is 12.6. The smallest absolute Gasteiger partial charge is 0.328 e. The van der Waals surface area contributed by atoms with E-state index in [4.69, 9.17) is 9.47 Å². The number of nitrogens with one attached hydrogen (secondary N) is 1. The zero-order chi connectivity index (χ0) is 18.8. The number of ether oxygens (including phenoxy) is 2. The van der Waals surface area contributed by atoms with Gasteiger partial charge in [0.05, 0.1) is 13.0 Å². The van der Waals surface area contributed by atoms with Crippen molar-refractivity contribution in [3.63, 3.8) is 0 Å². The Morgan fingerprint density at radius 3 is 2.12 bits per heavy atom.